The van der Waals surface area contributed by atoms with Crippen molar-refractivity contribution in [3.63, 3.8) is 0 Å². The molecular formula is C22H27NO4. The molecule has 5 heteroatoms. The van der Waals surface area contributed by atoms with Gasteiger partial charge in [-0.25, -0.2) is 4.79 Å². The monoisotopic (exact) mass is 369 g/mol. The number of fused-ring (bicyclic) bond motifs is 1. The maximum Gasteiger partial charge on any atom is 0.336 e. The molecular weight excluding hydrogens is 342 g/mol. The van der Waals surface area contributed by atoms with Gasteiger partial charge in [-0.3, -0.25) is 9.79 Å². The third-order valence-electron chi connectivity index (χ3n) is 5.31. The quantitative estimate of drug-likeness (QED) is 0.750. The summed E-state index contributed by atoms with van der Waals surface area (Å²) in [7, 11) is 1.61. The number of carbonyl (C=O) groups excluding carboxylic acids is 2. The van der Waals surface area contributed by atoms with E-state index >= 15 is 0 Å². The maximum absolute atomic E-state index is 13.1. The van der Waals surface area contributed by atoms with Gasteiger partial charge in [0.2, 0.25) is 0 Å². The summed E-state index contributed by atoms with van der Waals surface area (Å²) in [6.07, 6.45) is 1.23. The van der Waals surface area contributed by atoms with Gasteiger partial charge in [-0.1, -0.05) is 26.0 Å². The summed E-state index contributed by atoms with van der Waals surface area (Å²) in [5, 5.41) is 0. The van der Waals surface area contributed by atoms with Gasteiger partial charge in [0.15, 0.2) is 0 Å². The molecule has 0 amide bonds. The number of Topliss-reactive ketones (excluding diaryl/α,β-unsaturated/α-hetero) is 1. The van der Waals surface area contributed by atoms with Crippen LogP contribution in [0.15, 0.2) is 40.5 Å². The lowest BCUT2D eigenvalue weighted by atomic mass is 9.63. The van der Waals surface area contributed by atoms with Crippen LogP contribution >= 0.6 is 0 Å². The van der Waals surface area contributed by atoms with Crippen LogP contribution in [0.5, 0.6) is 5.75 Å². The number of hydrogen-bond acceptors (Lipinski definition) is 5. The van der Waals surface area contributed by atoms with Gasteiger partial charge in [0, 0.05) is 23.7 Å². The lowest BCUT2D eigenvalue weighted by Gasteiger charge is -2.41. The van der Waals surface area contributed by atoms with E-state index in [1.807, 2.05) is 31.2 Å². The Balaban J connectivity index is 2.17. The second-order valence-corrected chi connectivity index (χ2v) is 8.04. The van der Waals surface area contributed by atoms with Crippen LogP contribution in [0.4, 0.5) is 0 Å². The van der Waals surface area contributed by atoms with Gasteiger partial charge in [-0.15, -0.1) is 0 Å². The van der Waals surface area contributed by atoms with E-state index in [0.29, 0.717) is 23.4 Å². The summed E-state index contributed by atoms with van der Waals surface area (Å²) >= 11 is 0. The van der Waals surface area contributed by atoms with Crippen molar-refractivity contribution in [3.8, 4) is 5.75 Å². The molecule has 1 aromatic rings. The predicted molar refractivity (Wildman–Crippen MR) is 104 cm³/mol. The molecule has 3 rings (SSSR count). The van der Waals surface area contributed by atoms with Crippen molar-refractivity contribution in [1.82, 2.24) is 0 Å². The van der Waals surface area contributed by atoms with Crippen LogP contribution < -0.4 is 4.74 Å². The zero-order valence-electron chi connectivity index (χ0n) is 16.7. The maximum atomic E-state index is 13.1. The Morgan fingerprint density at radius 1 is 1.26 bits per heavy atom. The van der Waals surface area contributed by atoms with Crippen molar-refractivity contribution >= 4 is 17.5 Å². The number of benzene rings is 1. The van der Waals surface area contributed by atoms with E-state index < -0.39 is 17.8 Å². The molecule has 0 unspecified atom stereocenters. The molecule has 0 radical (unpaired) electrons. The van der Waals surface area contributed by atoms with Crippen molar-refractivity contribution in [2.24, 2.45) is 16.3 Å². The van der Waals surface area contributed by atoms with Gasteiger partial charge < -0.3 is 9.47 Å². The topological polar surface area (TPSA) is 65.0 Å². The third-order valence-corrected chi connectivity index (χ3v) is 5.31. The molecule has 0 aromatic heterocycles. The molecule has 1 aromatic carbocycles. The van der Waals surface area contributed by atoms with E-state index in [1.54, 1.807) is 14.0 Å². The minimum atomic E-state index is -0.423. The van der Waals surface area contributed by atoms with Crippen molar-refractivity contribution in [3.05, 3.63) is 41.1 Å². The number of carbonyl (C=O) groups is 2. The molecule has 1 saturated carbocycles. The first-order valence-electron chi connectivity index (χ1n) is 9.39. The zero-order chi connectivity index (χ0) is 19.8. The van der Waals surface area contributed by atoms with Crippen molar-refractivity contribution in [1.29, 1.82) is 0 Å². The minimum absolute atomic E-state index is 0.118. The van der Waals surface area contributed by atoms with Crippen LogP contribution in [0.3, 0.4) is 0 Å². The molecule has 2 atom stereocenters. The first kappa shape index (κ1) is 19.3. The number of ether oxygens (including phenoxy) is 2. The minimum Gasteiger partial charge on any atom is -0.497 e. The van der Waals surface area contributed by atoms with Gasteiger partial charge in [0.05, 0.1) is 25.2 Å². The molecule has 27 heavy (non-hydrogen) atoms. The Hall–Kier alpha value is -2.43. The number of esters is 1. The number of aliphatic imine (C=N–C) groups is 1. The van der Waals surface area contributed by atoms with Crippen LogP contribution in [0.1, 0.15) is 52.0 Å². The summed E-state index contributed by atoms with van der Waals surface area (Å²) in [6, 6.07) is 7.57. The van der Waals surface area contributed by atoms with E-state index in [9.17, 15) is 9.59 Å². The molecule has 2 aliphatic rings. The summed E-state index contributed by atoms with van der Waals surface area (Å²) in [5.74, 6) is -0.389. The normalized spacial score (nSPS) is 24.2. The van der Waals surface area contributed by atoms with Crippen LogP contribution in [0, 0.1) is 11.3 Å². The number of rotatable bonds is 4. The van der Waals surface area contributed by atoms with Gasteiger partial charge >= 0.3 is 5.97 Å². The fourth-order valence-corrected chi connectivity index (χ4v) is 4.26. The van der Waals surface area contributed by atoms with Crippen LogP contribution in [0.25, 0.3) is 0 Å². The van der Waals surface area contributed by atoms with E-state index in [1.165, 1.54) is 0 Å². The molecule has 0 N–H and O–H groups in total. The Bertz CT molecular complexity index is 834. The Labute approximate surface area is 160 Å². The molecule has 0 saturated heterocycles. The van der Waals surface area contributed by atoms with Crippen molar-refractivity contribution in [2.75, 3.05) is 13.7 Å². The average Bonchev–Trinajstić information content (AvgIpc) is 2.59. The van der Waals surface area contributed by atoms with E-state index in [4.69, 9.17) is 14.5 Å². The fraction of sp³-hybridized carbons (Fsp3) is 0.500. The van der Waals surface area contributed by atoms with E-state index in [0.717, 1.165) is 17.7 Å². The standard InChI is InChI=1S/C22H27NO4/c1-6-27-21(25)18-13(2)23-16-11-22(3,4)12-17(24)20(16)19(18)14-8-7-9-15(10-14)26-5/h7-10,19-20H,6,11-12H2,1-5H3/t19-,20-/m1/s1. The SMILES string of the molecule is CCOC(=O)C1=C(C)N=C2CC(C)(C)CC(=O)[C@@H]2[C@@H]1c1cccc(OC)c1. The van der Waals surface area contributed by atoms with Crippen LogP contribution in [0.2, 0.25) is 0 Å². The number of nitrogens with zero attached hydrogens (tertiary/aromatic N) is 1. The van der Waals surface area contributed by atoms with Crippen LogP contribution in [-0.2, 0) is 14.3 Å². The van der Waals surface area contributed by atoms with Gasteiger partial charge in [0.25, 0.3) is 0 Å². The van der Waals surface area contributed by atoms with Gasteiger partial charge in [0.1, 0.15) is 11.5 Å². The number of methoxy groups -OCH3 is 1. The molecule has 0 bridgehead atoms. The van der Waals surface area contributed by atoms with Gasteiger partial charge in [-0.2, -0.15) is 0 Å². The Morgan fingerprint density at radius 2 is 2.00 bits per heavy atom. The molecule has 5 nitrogen and oxygen atoms in total. The second-order valence-electron chi connectivity index (χ2n) is 8.04. The fourth-order valence-electron chi connectivity index (χ4n) is 4.26. The molecule has 1 fully saturated rings. The zero-order valence-corrected chi connectivity index (χ0v) is 16.7. The Kier molecular flexibility index (Phi) is 5.22. The number of ketones is 1. The average molecular weight is 369 g/mol. The Morgan fingerprint density at radius 3 is 2.67 bits per heavy atom. The highest BCUT2D eigenvalue weighted by molar-refractivity contribution is 6.12. The summed E-state index contributed by atoms with van der Waals surface area (Å²) < 4.78 is 10.7. The highest BCUT2D eigenvalue weighted by atomic mass is 16.5. The first-order chi connectivity index (χ1) is 12.8. The first-order valence-corrected chi connectivity index (χ1v) is 9.39. The lowest BCUT2D eigenvalue weighted by Crippen LogP contribution is -2.44. The molecule has 1 aliphatic heterocycles. The van der Waals surface area contributed by atoms with Crippen molar-refractivity contribution < 1.29 is 19.1 Å². The summed E-state index contributed by atoms with van der Waals surface area (Å²) in [6.45, 7) is 8.06. The number of allylic oxidation sites excluding steroid dienone is 1. The van der Waals surface area contributed by atoms with E-state index in [-0.39, 0.29) is 17.8 Å². The van der Waals surface area contributed by atoms with E-state index in [2.05, 4.69) is 13.8 Å². The second kappa shape index (κ2) is 7.29. The summed E-state index contributed by atoms with van der Waals surface area (Å²) in [5.41, 5.74) is 2.74. The largest absolute Gasteiger partial charge is 0.497 e. The third kappa shape index (κ3) is 3.68. The highest BCUT2D eigenvalue weighted by Gasteiger charge is 2.47. The summed E-state index contributed by atoms with van der Waals surface area (Å²) in [4.78, 5) is 30.6. The van der Waals surface area contributed by atoms with Crippen LogP contribution in [-0.4, -0.2) is 31.2 Å². The molecule has 1 aliphatic carbocycles. The van der Waals surface area contributed by atoms with Crippen molar-refractivity contribution in [2.45, 2.75) is 46.5 Å². The number of hydrogen-bond donors (Lipinski definition) is 0. The molecule has 1 heterocycles. The molecule has 144 valence electrons. The lowest BCUT2D eigenvalue weighted by molar-refractivity contribution is -0.139. The highest BCUT2D eigenvalue weighted by Crippen LogP contribution is 2.47. The van der Waals surface area contributed by atoms with Gasteiger partial charge in [-0.05, 0) is 43.4 Å². The molecule has 0 spiro atoms. The predicted octanol–water partition coefficient (Wildman–Crippen LogP) is 4.08. The smallest absolute Gasteiger partial charge is 0.336 e.